The minimum atomic E-state index is -4.10. The van der Waals surface area contributed by atoms with Gasteiger partial charge in [0.25, 0.3) is 21.6 Å². The smallest absolute Gasteiger partial charge is 0.271 e. The van der Waals surface area contributed by atoms with Crippen LogP contribution in [0.2, 0.25) is 0 Å². The van der Waals surface area contributed by atoms with Gasteiger partial charge in [0.15, 0.2) is 0 Å². The number of rotatable bonds is 10. The third-order valence-corrected chi connectivity index (χ3v) is 6.49. The average Bonchev–Trinajstić information content (AvgIpc) is 2.84. The Balaban J connectivity index is 1.66. The van der Waals surface area contributed by atoms with E-state index >= 15 is 0 Å². The van der Waals surface area contributed by atoms with Crippen molar-refractivity contribution in [2.75, 3.05) is 32.0 Å². The number of anilines is 1. The molecular weight excluding hydrogens is 474 g/mol. The number of carbonyl (C=O) groups excluding carboxylic acids is 1. The highest BCUT2D eigenvalue weighted by Crippen LogP contribution is 2.31. The monoisotopic (exact) mass is 499 g/mol. The number of hydrogen-bond acceptors (Lipinski definition) is 7. The predicted octanol–water partition coefficient (Wildman–Crippen LogP) is 3.86. The number of benzene rings is 3. The van der Waals surface area contributed by atoms with Crippen molar-refractivity contribution in [3.8, 4) is 11.5 Å². The molecule has 3 aromatic rings. The van der Waals surface area contributed by atoms with Crippen LogP contribution in [0.1, 0.15) is 15.9 Å². The Hall–Kier alpha value is -4.12. The molecule has 0 aliphatic heterocycles. The van der Waals surface area contributed by atoms with Crippen LogP contribution in [-0.2, 0) is 10.0 Å². The molecule has 0 aromatic heterocycles. The average molecular weight is 500 g/mol. The molecule has 0 radical (unpaired) electrons. The number of non-ortho nitro benzene ring substituents is 1. The maximum atomic E-state index is 12.8. The molecule has 3 rings (SSSR count). The maximum absolute atomic E-state index is 12.8. The highest BCUT2D eigenvalue weighted by atomic mass is 32.2. The number of likely N-dealkylation sites (N-methyl/N-ethyl adjacent to an activating group) is 1. The van der Waals surface area contributed by atoms with Gasteiger partial charge in [-0.2, -0.15) is 0 Å². The number of nitrogens with zero attached hydrogens (tertiary/aromatic N) is 2. The van der Waals surface area contributed by atoms with Crippen LogP contribution in [0.15, 0.2) is 71.6 Å². The van der Waals surface area contributed by atoms with Crippen LogP contribution in [0.3, 0.4) is 0 Å². The summed E-state index contributed by atoms with van der Waals surface area (Å²) in [6, 6.07) is 16.5. The summed E-state index contributed by atoms with van der Waals surface area (Å²) in [7, 11) is -1.15. The van der Waals surface area contributed by atoms with Crippen molar-refractivity contribution in [3.63, 3.8) is 0 Å². The Kier molecular flexibility index (Phi) is 7.92. The lowest BCUT2D eigenvalue weighted by Crippen LogP contribution is -2.30. The lowest BCUT2D eigenvalue weighted by Gasteiger charge is -2.18. The van der Waals surface area contributed by atoms with Gasteiger partial charge in [-0.15, -0.1) is 0 Å². The minimum absolute atomic E-state index is 0.0739. The van der Waals surface area contributed by atoms with Crippen LogP contribution in [0.4, 0.5) is 11.4 Å². The van der Waals surface area contributed by atoms with Gasteiger partial charge in [-0.3, -0.25) is 19.6 Å². The van der Waals surface area contributed by atoms with Crippen molar-refractivity contribution >= 4 is 27.3 Å². The van der Waals surface area contributed by atoms with Gasteiger partial charge in [0.2, 0.25) is 0 Å². The fraction of sp³-hybridized carbons (Fsp3) is 0.208. The number of nitro benzene ring substituents is 1. The summed E-state index contributed by atoms with van der Waals surface area (Å²) < 4.78 is 38.7. The van der Waals surface area contributed by atoms with Gasteiger partial charge >= 0.3 is 0 Å². The predicted molar refractivity (Wildman–Crippen MR) is 131 cm³/mol. The number of methoxy groups -OCH3 is 1. The van der Waals surface area contributed by atoms with Crippen LogP contribution in [0.25, 0.3) is 0 Å². The molecule has 3 aromatic carbocycles. The summed E-state index contributed by atoms with van der Waals surface area (Å²) in [5.41, 5.74) is 1.05. The van der Waals surface area contributed by atoms with E-state index < -0.39 is 14.9 Å². The van der Waals surface area contributed by atoms with Crippen molar-refractivity contribution in [1.82, 2.24) is 4.90 Å². The number of nitro groups is 1. The van der Waals surface area contributed by atoms with Gasteiger partial charge in [0, 0.05) is 24.7 Å². The molecule has 0 saturated carbocycles. The molecule has 1 N–H and O–H groups in total. The summed E-state index contributed by atoms with van der Waals surface area (Å²) in [4.78, 5) is 24.5. The Labute approximate surface area is 203 Å². The number of hydrogen-bond donors (Lipinski definition) is 1. The summed E-state index contributed by atoms with van der Waals surface area (Å²) in [5.74, 6) is 0.536. The van der Waals surface area contributed by atoms with Gasteiger partial charge < -0.3 is 14.4 Å². The molecule has 10 nitrogen and oxygen atoms in total. The number of carbonyl (C=O) groups is 1. The minimum Gasteiger partial charge on any atom is -0.495 e. The van der Waals surface area contributed by atoms with Gasteiger partial charge in [0.05, 0.1) is 29.2 Å². The number of ether oxygens (including phenoxy) is 2. The topological polar surface area (TPSA) is 128 Å². The van der Waals surface area contributed by atoms with Gasteiger partial charge in [-0.25, -0.2) is 8.42 Å². The van der Waals surface area contributed by atoms with Crippen molar-refractivity contribution in [1.29, 1.82) is 0 Å². The van der Waals surface area contributed by atoms with E-state index in [1.54, 1.807) is 7.05 Å². The number of amides is 1. The van der Waals surface area contributed by atoms with Crippen LogP contribution >= 0.6 is 0 Å². The first kappa shape index (κ1) is 25.5. The first-order valence-electron chi connectivity index (χ1n) is 10.5. The lowest BCUT2D eigenvalue weighted by atomic mass is 10.2. The number of nitrogens with one attached hydrogen (secondary N) is 1. The van der Waals surface area contributed by atoms with Crippen molar-refractivity contribution < 1.29 is 27.6 Å². The summed E-state index contributed by atoms with van der Waals surface area (Å²) in [5, 5.41) is 11.0. The molecule has 0 fully saturated rings. The molecule has 0 unspecified atom stereocenters. The fourth-order valence-electron chi connectivity index (χ4n) is 3.13. The highest BCUT2D eigenvalue weighted by molar-refractivity contribution is 7.92. The van der Waals surface area contributed by atoms with Crippen molar-refractivity contribution in [3.05, 3.63) is 88.0 Å². The Morgan fingerprint density at radius 2 is 1.71 bits per heavy atom. The maximum Gasteiger partial charge on any atom is 0.271 e. The molecule has 0 spiro atoms. The van der Waals surface area contributed by atoms with Crippen molar-refractivity contribution in [2.45, 2.75) is 11.8 Å². The Morgan fingerprint density at radius 1 is 1.06 bits per heavy atom. The third-order valence-electron chi connectivity index (χ3n) is 5.11. The summed E-state index contributed by atoms with van der Waals surface area (Å²) >= 11 is 0. The van der Waals surface area contributed by atoms with Crippen LogP contribution < -0.4 is 14.2 Å². The van der Waals surface area contributed by atoms with E-state index in [2.05, 4.69) is 4.72 Å². The molecule has 0 heterocycles. The standard InChI is InChI=1S/C24H25N3O7S/c1-17-4-9-20(10-5-17)34-15-14-26(2)24(28)18-6-11-21(12-7-18)35(31,32)25-22-16-19(27(29)30)8-13-23(22)33-3/h4-13,16,25H,14-15H2,1-3H3. The van der Waals surface area contributed by atoms with E-state index in [1.165, 1.54) is 48.4 Å². The molecule has 0 aliphatic rings. The molecule has 0 bridgehead atoms. The highest BCUT2D eigenvalue weighted by Gasteiger charge is 2.20. The zero-order chi connectivity index (χ0) is 25.6. The van der Waals surface area contributed by atoms with E-state index in [0.717, 1.165) is 11.6 Å². The Bertz CT molecular complexity index is 1310. The van der Waals surface area contributed by atoms with Crippen LogP contribution in [0.5, 0.6) is 11.5 Å². The normalized spacial score (nSPS) is 10.9. The molecule has 0 atom stereocenters. The number of aryl methyl sites for hydroxylation is 1. The Morgan fingerprint density at radius 3 is 2.31 bits per heavy atom. The van der Waals surface area contributed by atoms with Gasteiger partial charge in [-0.05, 0) is 49.4 Å². The van der Waals surface area contributed by atoms with E-state index in [0.29, 0.717) is 24.5 Å². The first-order chi connectivity index (χ1) is 16.6. The molecule has 0 saturated heterocycles. The van der Waals surface area contributed by atoms with E-state index in [1.807, 2.05) is 31.2 Å². The van der Waals surface area contributed by atoms with Crippen molar-refractivity contribution in [2.24, 2.45) is 0 Å². The molecule has 35 heavy (non-hydrogen) atoms. The number of sulfonamides is 1. The SMILES string of the molecule is COc1ccc([N+](=O)[O-])cc1NS(=O)(=O)c1ccc(C(=O)N(C)CCOc2ccc(C)cc2)cc1. The van der Waals surface area contributed by atoms with Gasteiger partial charge in [0.1, 0.15) is 18.1 Å². The summed E-state index contributed by atoms with van der Waals surface area (Å²) in [6.07, 6.45) is 0. The quantitative estimate of drug-likeness (QED) is 0.331. The van der Waals surface area contributed by atoms with Gasteiger partial charge in [-0.1, -0.05) is 17.7 Å². The summed E-state index contributed by atoms with van der Waals surface area (Å²) in [6.45, 7) is 2.61. The second-order valence-electron chi connectivity index (χ2n) is 7.66. The molecule has 1 amide bonds. The molecular formula is C24H25N3O7S. The second kappa shape index (κ2) is 10.9. The largest absolute Gasteiger partial charge is 0.495 e. The zero-order valence-corrected chi connectivity index (χ0v) is 20.2. The second-order valence-corrected chi connectivity index (χ2v) is 9.34. The van der Waals surface area contributed by atoms with Crippen LogP contribution in [-0.4, -0.2) is 51.5 Å². The third kappa shape index (κ3) is 6.48. The fourth-order valence-corrected chi connectivity index (χ4v) is 4.19. The molecule has 184 valence electrons. The zero-order valence-electron chi connectivity index (χ0n) is 19.4. The first-order valence-corrected chi connectivity index (χ1v) is 12.0. The van der Waals surface area contributed by atoms with E-state index in [-0.39, 0.29) is 27.9 Å². The molecule has 11 heteroatoms. The van der Waals surface area contributed by atoms with E-state index in [9.17, 15) is 23.3 Å². The molecule has 0 aliphatic carbocycles. The van der Waals surface area contributed by atoms with Crippen LogP contribution in [0, 0.1) is 17.0 Å². The van der Waals surface area contributed by atoms with E-state index in [4.69, 9.17) is 9.47 Å². The lowest BCUT2D eigenvalue weighted by molar-refractivity contribution is -0.384.